The van der Waals surface area contributed by atoms with Crippen LogP contribution in [0.15, 0.2) is 36.1 Å². The lowest BCUT2D eigenvalue weighted by molar-refractivity contribution is -0.120. The van der Waals surface area contributed by atoms with Crippen LogP contribution in [0.3, 0.4) is 0 Å². The highest BCUT2D eigenvalue weighted by Crippen LogP contribution is 2.28. The fraction of sp³-hybridized carbons (Fsp3) is 0.409. The van der Waals surface area contributed by atoms with Gasteiger partial charge in [-0.15, -0.1) is 0 Å². The number of halogens is 2. The van der Waals surface area contributed by atoms with Gasteiger partial charge in [-0.25, -0.2) is 0 Å². The van der Waals surface area contributed by atoms with E-state index in [1.165, 1.54) is 7.11 Å². The van der Waals surface area contributed by atoms with Gasteiger partial charge in [0.25, 0.3) is 5.91 Å². The van der Waals surface area contributed by atoms with Crippen molar-refractivity contribution in [2.45, 2.75) is 19.4 Å². The van der Waals surface area contributed by atoms with Crippen molar-refractivity contribution < 1.29 is 9.53 Å². The second-order valence-corrected chi connectivity index (χ2v) is 8.19. The topological polar surface area (TPSA) is 69.4 Å². The summed E-state index contributed by atoms with van der Waals surface area (Å²) in [5, 5.41) is 8.30. The number of allylic oxidation sites excluding steroid dienone is 2. The Hall–Kier alpha value is -1.99. The molecule has 1 saturated heterocycles. The first-order valence-corrected chi connectivity index (χ1v) is 10.9. The van der Waals surface area contributed by atoms with Gasteiger partial charge < -0.3 is 20.4 Å². The zero-order chi connectivity index (χ0) is 21.5. The third-order valence-electron chi connectivity index (χ3n) is 5.20. The molecule has 0 saturated carbocycles. The Morgan fingerprint density at radius 3 is 2.90 bits per heavy atom. The first-order valence-electron chi connectivity index (χ1n) is 10.1. The molecule has 0 aliphatic carbocycles. The lowest BCUT2D eigenvalue weighted by atomic mass is 10.2. The first-order chi connectivity index (χ1) is 14.5. The van der Waals surface area contributed by atoms with E-state index in [0.29, 0.717) is 22.6 Å². The van der Waals surface area contributed by atoms with Crippen molar-refractivity contribution in [3.05, 3.63) is 51.8 Å². The molecule has 1 aromatic heterocycles. The maximum absolute atomic E-state index is 12.3. The molecule has 1 aliphatic heterocycles. The third kappa shape index (κ3) is 6.01. The van der Waals surface area contributed by atoms with Crippen LogP contribution < -0.4 is 10.6 Å². The SMILES string of the molecule is CO/C(=C\C=C\c1cc2cc(Cl)c(Cl)cc2[nH]1)C(=O)NCCCN1CCNCC1C. The fourth-order valence-corrected chi connectivity index (χ4v) is 3.84. The summed E-state index contributed by atoms with van der Waals surface area (Å²) >= 11 is 12.1. The van der Waals surface area contributed by atoms with Gasteiger partial charge in [-0.05, 0) is 43.7 Å². The number of hydrogen-bond acceptors (Lipinski definition) is 4. The summed E-state index contributed by atoms with van der Waals surface area (Å²) in [6, 6.07) is 6.11. The van der Waals surface area contributed by atoms with Gasteiger partial charge in [-0.1, -0.05) is 29.3 Å². The minimum Gasteiger partial charge on any atom is -0.491 e. The Balaban J connectivity index is 1.51. The lowest BCUT2D eigenvalue weighted by Gasteiger charge is -2.33. The van der Waals surface area contributed by atoms with Crippen molar-refractivity contribution >= 4 is 46.1 Å². The van der Waals surface area contributed by atoms with Gasteiger partial charge in [0.1, 0.15) is 0 Å². The normalized spacial score (nSPS) is 18.3. The molecular weight excluding hydrogens is 423 g/mol. The molecule has 2 heterocycles. The second kappa shape index (κ2) is 10.9. The van der Waals surface area contributed by atoms with E-state index in [4.69, 9.17) is 27.9 Å². The molecule has 1 fully saturated rings. The average molecular weight is 451 g/mol. The van der Waals surface area contributed by atoms with Crippen molar-refractivity contribution in [1.29, 1.82) is 0 Å². The predicted octanol–water partition coefficient (Wildman–Crippen LogP) is 3.82. The number of rotatable bonds is 8. The Labute approximate surface area is 187 Å². The zero-order valence-corrected chi connectivity index (χ0v) is 18.8. The van der Waals surface area contributed by atoms with Crippen LogP contribution in [0.5, 0.6) is 0 Å². The molecule has 1 aliphatic rings. The highest BCUT2D eigenvalue weighted by molar-refractivity contribution is 6.42. The van der Waals surface area contributed by atoms with Gasteiger partial charge in [0, 0.05) is 55.4 Å². The van der Waals surface area contributed by atoms with Crippen LogP contribution in [-0.4, -0.2) is 61.7 Å². The maximum atomic E-state index is 12.3. The van der Waals surface area contributed by atoms with E-state index >= 15 is 0 Å². The van der Waals surface area contributed by atoms with E-state index in [2.05, 4.69) is 27.4 Å². The predicted molar refractivity (Wildman–Crippen MR) is 124 cm³/mol. The van der Waals surface area contributed by atoms with Crippen molar-refractivity contribution in [3.8, 4) is 0 Å². The Bertz CT molecular complexity index is 900. The number of ether oxygens (including phenoxy) is 1. The Kier molecular flexibility index (Phi) is 8.22. The molecule has 6 nitrogen and oxygen atoms in total. The van der Waals surface area contributed by atoms with Crippen LogP contribution >= 0.6 is 23.2 Å². The van der Waals surface area contributed by atoms with Gasteiger partial charge in [0.05, 0.1) is 17.2 Å². The number of amides is 1. The minimum absolute atomic E-state index is 0.217. The maximum Gasteiger partial charge on any atom is 0.286 e. The summed E-state index contributed by atoms with van der Waals surface area (Å²) in [6.07, 6.45) is 6.19. The van der Waals surface area contributed by atoms with E-state index in [1.54, 1.807) is 18.2 Å². The van der Waals surface area contributed by atoms with Crippen LogP contribution in [-0.2, 0) is 9.53 Å². The van der Waals surface area contributed by atoms with Gasteiger partial charge in [-0.3, -0.25) is 9.69 Å². The van der Waals surface area contributed by atoms with E-state index in [-0.39, 0.29) is 11.7 Å². The molecule has 3 rings (SSSR count). The highest BCUT2D eigenvalue weighted by atomic mass is 35.5. The van der Waals surface area contributed by atoms with Gasteiger partial charge in [-0.2, -0.15) is 0 Å². The molecule has 3 N–H and O–H groups in total. The summed E-state index contributed by atoms with van der Waals surface area (Å²) in [7, 11) is 1.49. The van der Waals surface area contributed by atoms with Gasteiger partial charge in [0.15, 0.2) is 5.76 Å². The van der Waals surface area contributed by atoms with Gasteiger partial charge in [0.2, 0.25) is 0 Å². The summed E-state index contributed by atoms with van der Waals surface area (Å²) < 4.78 is 5.24. The standard InChI is InChI=1S/C22H28Cl2N4O2/c1-15-14-25-8-10-28(15)9-4-7-26-22(29)21(30-2)6-3-5-17-11-16-12-18(23)19(24)13-20(16)27-17/h3,5-6,11-13,15,25,27H,4,7-10,14H2,1-2H3,(H,26,29)/b5-3+,21-6-. The second-order valence-electron chi connectivity index (χ2n) is 7.37. The number of hydrogen-bond donors (Lipinski definition) is 3. The highest BCUT2D eigenvalue weighted by Gasteiger charge is 2.17. The molecule has 162 valence electrons. The molecule has 8 heteroatoms. The molecule has 30 heavy (non-hydrogen) atoms. The van der Waals surface area contributed by atoms with Crippen LogP contribution in [0.25, 0.3) is 17.0 Å². The molecule has 1 unspecified atom stereocenters. The average Bonchev–Trinajstić information content (AvgIpc) is 3.11. The number of benzene rings is 1. The van der Waals surface area contributed by atoms with Gasteiger partial charge >= 0.3 is 0 Å². The molecular formula is C22H28Cl2N4O2. The molecule has 0 radical (unpaired) electrons. The smallest absolute Gasteiger partial charge is 0.286 e. The molecule has 2 aromatic rings. The van der Waals surface area contributed by atoms with Crippen molar-refractivity contribution in [2.75, 3.05) is 39.8 Å². The number of aromatic amines is 1. The molecule has 1 aromatic carbocycles. The quantitative estimate of drug-likeness (QED) is 0.247. The minimum atomic E-state index is -0.217. The Morgan fingerprint density at radius 1 is 1.33 bits per heavy atom. The van der Waals surface area contributed by atoms with Crippen LogP contribution in [0.2, 0.25) is 10.0 Å². The number of carbonyl (C=O) groups is 1. The molecule has 0 spiro atoms. The van der Waals surface area contributed by atoms with Crippen LogP contribution in [0, 0.1) is 0 Å². The number of carbonyl (C=O) groups excluding carboxylic acids is 1. The molecule has 1 amide bonds. The van der Waals surface area contributed by atoms with E-state index in [0.717, 1.165) is 49.2 Å². The Morgan fingerprint density at radius 2 is 2.13 bits per heavy atom. The molecule has 1 atom stereocenters. The zero-order valence-electron chi connectivity index (χ0n) is 17.3. The number of fused-ring (bicyclic) bond motifs is 1. The summed E-state index contributed by atoms with van der Waals surface area (Å²) in [6.45, 7) is 6.91. The number of nitrogens with zero attached hydrogens (tertiary/aromatic N) is 1. The van der Waals surface area contributed by atoms with Crippen molar-refractivity contribution in [2.24, 2.45) is 0 Å². The monoisotopic (exact) mass is 450 g/mol. The number of nitrogens with one attached hydrogen (secondary N) is 3. The van der Waals surface area contributed by atoms with Crippen LogP contribution in [0.1, 0.15) is 19.0 Å². The summed E-state index contributed by atoms with van der Waals surface area (Å²) in [5.74, 6) is 0.0507. The summed E-state index contributed by atoms with van der Waals surface area (Å²) in [5.41, 5.74) is 1.78. The number of H-pyrrole nitrogens is 1. The van der Waals surface area contributed by atoms with E-state index in [1.807, 2.05) is 18.2 Å². The first kappa shape index (κ1) is 22.7. The van der Waals surface area contributed by atoms with E-state index in [9.17, 15) is 4.79 Å². The number of aromatic nitrogens is 1. The van der Waals surface area contributed by atoms with E-state index < -0.39 is 0 Å². The summed E-state index contributed by atoms with van der Waals surface area (Å²) in [4.78, 5) is 18.0. The molecule has 0 bridgehead atoms. The lowest BCUT2D eigenvalue weighted by Crippen LogP contribution is -2.50. The fourth-order valence-electron chi connectivity index (χ4n) is 3.50. The number of methoxy groups -OCH3 is 1. The third-order valence-corrected chi connectivity index (χ3v) is 5.92. The van der Waals surface area contributed by atoms with Crippen LogP contribution in [0.4, 0.5) is 0 Å². The van der Waals surface area contributed by atoms with Crippen molar-refractivity contribution in [3.63, 3.8) is 0 Å². The largest absolute Gasteiger partial charge is 0.491 e. The van der Waals surface area contributed by atoms with Crippen molar-refractivity contribution in [1.82, 2.24) is 20.5 Å². The number of piperazine rings is 1.